The summed E-state index contributed by atoms with van der Waals surface area (Å²) >= 11 is 0. The molecule has 1 unspecified atom stereocenters. The van der Waals surface area contributed by atoms with Crippen LogP contribution in [0, 0.1) is 23.4 Å². The third kappa shape index (κ3) is 5.26. The van der Waals surface area contributed by atoms with Gasteiger partial charge in [0.05, 0.1) is 17.3 Å². The average Bonchev–Trinajstić information content (AvgIpc) is 3.44. The smallest absolute Gasteiger partial charge is 0.366 e. The minimum atomic E-state index is -5.06. The number of hydrogen-bond acceptors (Lipinski definition) is 4. The second-order valence-corrected chi connectivity index (χ2v) is 11.6. The molecule has 0 radical (unpaired) electrons. The standard InChI is InChI=1S/C31H23F8N5O2/c1-29-12-22(29)30(35,36)27-24(29)26(31(37,38)39)43-44(27)13-23(45)42-21(9-14-7-16(32)11-17(33)8-14)25-18(3-2-6-41-25)15-4-5-20(34)19(10-15)28(40)46/h2-8,10-11,21-22H,9,12-13H2,1H3,(H2,40,46)(H,42,45)/t21-,22-,29?/m0/s1. The fraction of sp³-hybridized carbons (Fsp3) is 0.290. The lowest BCUT2D eigenvalue weighted by Gasteiger charge is -2.22. The molecule has 240 valence electrons. The summed E-state index contributed by atoms with van der Waals surface area (Å²) < 4.78 is 115. The van der Waals surface area contributed by atoms with Crippen LogP contribution >= 0.6 is 0 Å². The number of carbonyl (C=O) groups is 2. The molecule has 3 atom stereocenters. The molecule has 1 fully saturated rings. The van der Waals surface area contributed by atoms with Gasteiger partial charge < -0.3 is 11.1 Å². The van der Waals surface area contributed by atoms with Crippen molar-refractivity contribution >= 4 is 11.8 Å². The normalized spacial score (nSPS) is 20.2. The first-order valence-corrected chi connectivity index (χ1v) is 13.9. The summed E-state index contributed by atoms with van der Waals surface area (Å²) in [5.74, 6) is -9.95. The molecule has 1 saturated carbocycles. The lowest BCUT2D eigenvalue weighted by Crippen LogP contribution is -2.35. The number of halogens is 8. The largest absolute Gasteiger partial charge is 0.435 e. The number of rotatable bonds is 8. The van der Waals surface area contributed by atoms with E-state index in [0.717, 1.165) is 24.3 Å². The average molecular weight is 650 g/mol. The van der Waals surface area contributed by atoms with Crippen molar-refractivity contribution in [2.45, 2.75) is 49.9 Å². The Kier molecular flexibility index (Phi) is 7.20. The van der Waals surface area contributed by atoms with Crippen molar-refractivity contribution in [2.75, 3.05) is 0 Å². The van der Waals surface area contributed by atoms with Crippen molar-refractivity contribution in [3.8, 4) is 11.1 Å². The fourth-order valence-corrected chi connectivity index (χ4v) is 6.37. The van der Waals surface area contributed by atoms with E-state index in [1.165, 1.54) is 31.3 Å². The third-order valence-electron chi connectivity index (χ3n) is 8.48. The van der Waals surface area contributed by atoms with E-state index in [9.17, 15) is 35.9 Å². The molecule has 3 N–H and O–H groups in total. The van der Waals surface area contributed by atoms with Gasteiger partial charge >= 0.3 is 6.18 Å². The molecular formula is C31H23F8N5O2. The van der Waals surface area contributed by atoms with Crippen LogP contribution < -0.4 is 11.1 Å². The molecule has 0 aliphatic heterocycles. The molecule has 0 spiro atoms. The van der Waals surface area contributed by atoms with Gasteiger partial charge in [-0.2, -0.15) is 27.1 Å². The van der Waals surface area contributed by atoms with E-state index in [0.29, 0.717) is 10.7 Å². The van der Waals surface area contributed by atoms with Gasteiger partial charge in [-0.1, -0.05) is 19.1 Å². The van der Waals surface area contributed by atoms with Gasteiger partial charge in [0.15, 0.2) is 5.69 Å². The summed E-state index contributed by atoms with van der Waals surface area (Å²) in [6.45, 7) is 0.254. The van der Waals surface area contributed by atoms with E-state index >= 15 is 8.78 Å². The van der Waals surface area contributed by atoms with Crippen molar-refractivity contribution in [3.63, 3.8) is 0 Å². The molecule has 2 aliphatic rings. The van der Waals surface area contributed by atoms with Crippen LogP contribution in [0.5, 0.6) is 0 Å². The molecule has 15 heteroatoms. The predicted molar refractivity (Wildman–Crippen MR) is 146 cm³/mol. The van der Waals surface area contributed by atoms with E-state index in [1.807, 2.05) is 0 Å². The summed E-state index contributed by atoms with van der Waals surface area (Å²) in [6, 6.07) is 7.71. The summed E-state index contributed by atoms with van der Waals surface area (Å²) in [5.41, 5.74) is 0.801. The van der Waals surface area contributed by atoms with Gasteiger partial charge in [0, 0.05) is 34.7 Å². The fourth-order valence-electron chi connectivity index (χ4n) is 6.37. The number of alkyl halides is 5. The Labute approximate surface area is 255 Å². The molecule has 2 amide bonds. The molecule has 0 bridgehead atoms. The summed E-state index contributed by atoms with van der Waals surface area (Å²) in [7, 11) is 0. The Balaban J connectivity index is 1.39. The van der Waals surface area contributed by atoms with Crippen molar-refractivity contribution in [3.05, 3.63) is 106 Å². The SMILES string of the molecule is CC12C[C@@H]1C(F)(F)c1c2c(C(F)(F)F)nn1CC(=O)N[C@@H](Cc1cc(F)cc(F)c1)c1ncccc1-c1ccc(F)c(C(N)=O)c1. The molecule has 2 aromatic carbocycles. The number of amides is 2. The number of nitrogens with one attached hydrogen (secondary N) is 1. The minimum Gasteiger partial charge on any atom is -0.366 e. The zero-order chi connectivity index (χ0) is 33.3. The first kappa shape index (κ1) is 31.2. The predicted octanol–water partition coefficient (Wildman–Crippen LogP) is 5.96. The highest BCUT2D eigenvalue weighted by atomic mass is 19.4. The quantitative estimate of drug-likeness (QED) is 0.230. The summed E-state index contributed by atoms with van der Waals surface area (Å²) in [6.07, 6.45) is -4.24. The van der Waals surface area contributed by atoms with Crippen LogP contribution in [0.3, 0.4) is 0 Å². The molecule has 2 aromatic heterocycles. The number of carbonyl (C=O) groups excluding carboxylic acids is 2. The van der Waals surface area contributed by atoms with Gasteiger partial charge in [-0.3, -0.25) is 19.3 Å². The van der Waals surface area contributed by atoms with Crippen molar-refractivity contribution in [1.29, 1.82) is 0 Å². The van der Waals surface area contributed by atoms with Crippen LogP contribution in [0.15, 0.2) is 54.7 Å². The molecule has 2 aliphatic carbocycles. The lowest BCUT2D eigenvalue weighted by molar-refractivity contribution is -0.142. The van der Waals surface area contributed by atoms with Gasteiger partial charge in [-0.25, -0.2) is 13.2 Å². The second-order valence-electron chi connectivity index (χ2n) is 11.6. The maximum atomic E-state index is 15.3. The monoisotopic (exact) mass is 649 g/mol. The highest BCUT2D eigenvalue weighted by Gasteiger charge is 2.75. The Morgan fingerprint density at radius 3 is 2.43 bits per heavy atom. The highest BCUT2D eigenvalue weighted by molar-refractivity contribution is 5.94. The summed E-state index contributed by atoms with van der Waals surface area (Å²) in [4.78, 5) is 29.5. The zero-order valence-electron chi connectivity index (χ0n) is 23.7. The van der Waals surface area contributed by atoms with Crippen LogP contribution in [0.25, 0.3) is 11.1 Å². The Bertz CT molecular complexity index is 1890. The number of nitrogens with two attached hydrogens (primary N) is 1. The first-order chi connectivity index (χ1) is 21.5. The van der Waals surface area contributed by atoms with Crippen molar-refractivity contribution in [1.82, 2.24) is 20.1 Å². The van der Waals surface area contributed by atoms with Gasteiger partial charge in [-0.15, -0.1) is 0 Å². The number of benzene rings is 2. The molecule has 4 aromatic rings. The molecule has 0 saturated heterocycles. The number of primary amides is 1. The molecular weight excluding hydrogens is 626 g/mol. The summed E-state index contributed by atoms with van der Waals surface area (Å²) in [5, 5.41) is 5.93. The zero-order valence-corrected chi connectivity index (χ0v) is 23.7. The van der Waals surface area contributed by atoms with Gasteiger partial charge in [-0.05, 0) is 54.3 Å². The number of aromatic nitrogens is 3. The Morgan fingerprint density at radius 2 is 1.78 bits per heavy atom. The van der Waals surface area contributed by atoms with Crippen LogP contribution in [-0.4, -0.2) is 26.6 Å². The van der Waals surface area contributed by atoms with E-state index < -0.39 is 87.8 Å². The van der Waals surface area contributed by atoms with Gasteiger partial charge in [0.1, 0.15) is 29.7 Å². The van der Waals surface area contributed by atoms with Gasteiger partial charge in [0.25, 0.3) is 11.8 Å². The van der Waals surface area contributed by atoms with Crippen LogP contribution in [-0.2, 0) is 35.3 Å². The third-order valence-corrected chi connectivity index (χ3v) is 8.48. The minimum absolute atomic E-state index is 0.0372. The molecule has 46 heavy (non-hydrogen) atoms. The molecule has 7 nitrogen and oxygen atoms in total. The van der Waals surface area contributed by atoms with Crippen molar-refractivity contribution < 1.29 is 44.7 Å². The van der Waals surface area contributed by atoms with Crippen LogP contribution in [0.4, 0.5) is 35.1 Å². The Morgan fingerprint density at radius 1 is 1.09 bits per heavy atom. The number of pyridine rings is 1. The van der Waals surface area contributed by atoms with E-state index in [-0.39, 0.29) is 35.2 Å². The highest BCUT2D eigenvalue weighted by Crippen LogP contribution is 2.72. The number of fused-ring (bicyclic) bond motifs is 3. The van der Waals surface area contributed by atoms with E-state index in [1.54, 1.807) is 0 Å². The maximum Gasteiger partial charge on any atom is 0.435 e. The molecule has 2 heterocycles. The van der Waals surface area contributed by atoms with Crippen LogP contribution in [0.1, 0.15) is 58.0 Å². The van der Waals surface area contributed by atoms with Crippen molar-refractivity contribution in [2.24, 2.45) is 11.7 Å². The van der Waals surface area contributed by atoms with E-state index in [2.05, 4.69) is 15.4 Å². The second kappa shape index (κ2) is 10.6. The van der Waals surface area contributed by atoms with Gasteiger partial charge in [0.2, 0.25) is 5.91 Å². The Hall–Kier alpha value is -4.82. The molecule has 6 rings (SSSR count). The maximum absolute atomic E-state index is 15.3. The number of nitrogens with zero attached hydrogens (tertiary/aromatic N) is 3. The van der Waals surface area contributed by atoms with E-state index in [4.69, 9.17) is 5.73 Å². The lowest BCUT2D eigenvalue weighted by atomic mass is 9.94. The first-order valence-electron chi connectivity index (χ1n) is 13.9. The topological polar surface area (TPSA) is 103 Å². The number of hydrogen-bond donors (Lipinski definition) is 2. The van der Waals surface area contributed by atoms with Crippen LogP contribution in [0.2, 0.25) is 0 Å².